The van der Waals surface area contributed by atoms with Crippen LogP contribution in [0.1, 0.15) is 17.4 Å². The topological polar surface area (TPSA) is 58.6 Å². The zero-order valence-corrected chi connectivity index (χ0v) is 13.1. The third-order valence-corrected chi connectivity index (χ3v) is 4.68. The van der Waals surface area contributed by atoms with E-state index in [-0.39, 0.29) is 18.5 Å². The molecule has 0 radical (unpaired) electrons. The number of imide groups is 1. The molecular formula is C16H16N2O3S. The number of hydrogen-bond acceptors (Lipinski definition) is 4. The highest BCUT2D eigenvalue weighted by molar-refractivity contribution is 7.09. The molecule has 0 bridgehead atoms. The van der Waals surface area contributed by atoms with E-state index in [1.807, 2.05) is 29.6 Å². The van der Waals surface area contributed by atoms with Crippen LogP contribution in [0.25, 0.3) is 0 Å². The number of carbonyl (C=O) groups is 2. The summed E-state index contributed by atoms with van der Waals surface area (Å²) in [4.78, 5) is 27.3. The maximum absolute atomic E-state index is 12.8. The molecule has 22 heavy (non-hydrogen) atoms. The third-order valence-electron chi connectivity index (χ3n) is 3.81. The lowest BCUT2D eigenvalue weighted by Crippen LogP contribution is -2.41. The summed E-state index contributed by atoms with van der Waals surface area (Å²) in [7, 11) is 1.55. The van der Waals surface area contributed by atoms with Crippen LogP contribution < -0.4 is 10.1 Å². The largest absolute Gasteiger partial charge is 0.496 e. The van der Waals surface area contributed by atoms with E-state index in [0.29, 0.717) is 11.3 Å². The number of nitrogens with one attached hydrogen (secondary N) is 1. The molecule has 1 aromatic heterocycles. The van der Waals surface area contributed by atoms with Crippen LogP contribution in [0.4, 0.5) is 4.79 Å². The van der Waals surface area contributed by atoms with Gasteiger partial charge in [-0.25, -0.2) is 4.79 Å². The van der Waals surface area contributed by atoms with Crippen LogP contribution in [0.3, 0.4) is 0 Å². The molecule has 1 N–H and O–H groups in total. The van der Waals surface area contributed by atoms with Gasteiger partial charge in [-0.3, -0.25) is 9.69 Å². The summed E-state index contributed by atoms with van der Waals surface area (Å²) in [6.07, 6.45) is 0. The Morgan fingerprint density at radius 2 is 2.00 bits per heavy atom. The van der Waals surface area contributed by atoms with Gasteiger partial charge in [0, 0.05) is 10.4 Å². The second kappa shape index (κ2) is 5.46. The van der Waals surface area contributed by atoms with Crippen molar-refractivity contribution < 1.29 is 14.3 Å². The van der Waals surface area contributed by atoms with Crippen LogP contribution in [0, 0.1) is 0 Å². The van der Waals surface area contributed by atoms with Crippen molar-refractivity contribution in [1.82, 2.24) is 10.2 Å². The van der Waals surface area contributed by atoms with Crippen molar-refractivity contribution in [3.63, 3.8) is 0 Å². The number of methoxy groups -OCH3 is 1. The van der Waals surface area contributed by atoms with E-state index < -0.39 is 5.54 Å². The Balaban J connectivity index is 1.95. The molecule has 1 fully saturated rings. The van der Waals surface area contributed by atoms with Crippen LogP contribution in [0.5, 0.6) is 5.75 Å². The van der Waals surface area contributed by atoms with E-state index in [1.54, 1.807) is 26.2 Å². The highest BCUT2D eigenvalue weighted by Gasteiger charge is 2.50. The molecule has 0 saturated carbocycles. The molecule has 2 aromatic rings. The first-order chi connectivity index (χ1) is 10.6. The molecule has 1 atom stereocenters. The molecule has 0 aliphatic carbocycles. The second-order valence-electron chi connectivity index (χ2n) is 5.23. The Kier molecular flexibility index (Phi) is 3.62. The number of rotatable bonds is 4. The van der Waals surface area contributed by atoms with Crippen LogP contribution in [-0.4, -0.2) is 23.9 Å². The first-order valence-corrected chi connectivity index (χ1v) is 7.74. The molecule has 3 amide bonds. The second-order valence-corrected chi connectivity index (χ2v) is 6.26. The zero-order chi connectivity index (χ0) is 15.7. The van der Waals surface area contributed by atoms with Gasteiger partial charge in [0.1, 0.15) is 11.3 Å². The summed E-state index contributed by atoms with van der Waals surface area (Å²) < 4.78 is 5.33. The Labute approximate surface area is 132 Å². The summed E-state index contributed by atoms with van der Waals surface area (Å²) in [5.41, 5.74) is -0.453. The fraction of sp³-hybridized carbons (Fsp3) is 0.250. The fourth-order valence-electron chi connectivity index (χ4n) is 2.64. The molecule has 1 unspecified atom stereocenters. The molecule has 1 saturated heterocycles. The van der Waals surface area contributed by atoms with Gasteiger partial charge in [-0.05, 0) is 24.4 Å². The number of para-hydroxylation sites is 1. The van der Waals surface area contributed by atoms with E-state index in [9.17, 15) is 9.59 Å². The number of ether oxygens (including phenoxy) is 1. The fourth-order valence-corrected chi connectivity index (χ4v) is 3.33. The van der Waals surface area contributed by atoms with Crippen molar-refractivity contribution in [2.45, 2.75) is 19.0 Å². The number of thiophene rings is 1. The standard InChI is InChI=1S/C16H16N2O3S/c1-16(12-7-3-4-8-13(12)21-2)14(19)18(15(20)17-16)10-11-6-5-9-22-11/h3-9H,10H2,1-2H3,(H,17,20). The molecule has 0 spiro atoms. The lowest BCUT2D eigenvalue weighted by molar-refractivity contribution is -0.131. The number of benzene rings is 1. The van der Waals surface area contributed by atoms with E-state index in [1.165, 1.54) is 16.2 Å². The van der Waals surface area contributed by atoms with Gasteiger partial charge in [-0.2, -0.15) is 0 Å². The van der Waals surface area contributed by atoms with Crippen molar-refractivity contribution in [2.75, 3.05) is 7.11 Å². The number of amides is 3. The van der Waals surface area contributed by atoms with E-state index in [0.717, 1.165) is 4.88 Å². The van der Waals surface area contributed by atoms with Gasteiger partial charge in [0.05, 0.1) is 13.7 Å². The van der Waals surface area contributed by atoms with Crippen molar-refractivity contribution in [3.8, 4) is 5.75 Å². The third kappa shape index (κ3) is 2.25. The van der Waals surface area contributed by atoms with Gasteiger partial charge >= 0.3 is 6.03 Å². The quantitative estimate of drug-likeness (QED) is 0.882. The average molecular weight is 316 g/mol. The Bertz CT molecular complexity index is 714. The highest BCUT2D eigenvalue weighted by atomic mass is 32.1. The normalized spacial score (nSPS) is 21.1. The summed E-state index contributed by atoms with van der Waals surface area (Å²) in [6.45, 7) is 1.99. The van der Waals surface area contributed by atoms with Gasteiger partial charge < -0.3 is 10.1 Å². The summed E-state index contributed by atoms with van der Waals surface area (Å²) in [6, 6.07) is 10.7. The van der Waals surface area contributed by atoms with Crippen molar-refractivity contribution in [1.29, 1.82) is 0 Å². The van der Waals surface area contributed by atoms with E-state index in [2.05, 4.69) is 5.32 Å². The maximum atomic E-state index is 12.8. The van der Waals surface area contributed by atoms with Crippen molar-refractivity contribution in [2.24, 2.45) is 0 Å². The smallest absolute Gasteiger partial charge is 0.325 e. The van der Waals surface area contributed by atoms with E-state index >= 15 is 0 Å². The number of carbonyl (C=O) groups excluding carboxylic acids is 2. The number of urea groups is 1. The van der Waals surface area contributed by atoms with Gasteiger partial charge in [-0.15, -0.1) is 11.3 Å². The molecular weight excluding hydrogens is 300 g/mol. The SMILES string of the molecule is COc1ccccc1C1(C)NC(=O)N(Cc2cccs2)C1=O. The number of nitrogens with zero attached hydrogens (tertiary/aromatic N) is 1. The van der Waals surface area contributed by atoms with Crippen molar-refractivity contribution >= 4 is 23.3 Å². The van der Waals surface area contributed by atoms with Gasteiger partial charge in [0.15, 0.2) is 0 Å². The Morgan fingerprint density at radius 3 is 2.68 bits per heavy atom. The molecule has 1 aromatic carbocycles. The summed E-state index contributed by atoms with van der Waals surface area (Å²) in [5.74, 6) is 0.312. The van der Waals surface area contributed by atoms with Gasteiger partial charge in [0.25, 0.3) is 5.91 Å². The highest BCUT2D eigenvalue weighted by Crippen LogP contribution is 2.35. The first kappa shape index (κ1) is 14.6. The Hall–Kier alpha value is -2.34. The van der Waals surface area contributed by atoms with Crippen LogP contribution >= 0.6 is 11.3 Å². The van der Waals surface area contributed by atoms with Gasteiger partial charge in [0.2, 0.25) is 0 Å². The summed E-state index contributed by atoms with van der Waals surface area (Å²) >= 11 is 1.52. The van der Waals surface area contributed by atoms with E-state index in [4.69, 9.17) is 4.74 Å². The van der Waals surface area contributed by atoms with Crippen LogP contribution in [-0.2, 0) is 16.9 Å². The molecule has 6 heteroatoms. The molecule has 1 aliphatic rings. The maximum Gasteiger partial charge on any atom is 0.325 e. The minimum absolute atomic E-state index is 0.268. The van der Waals surface area contributed by atoms with Crippen LogP contribution in [0.2, 0.25) is 0 Å². The molecule has 1 aliphatic heterocycles. The molecule has 2 heterocycles. The van der Waals surface area contributed by atoms with Crippen LogP contribution in [0.15, 0.2) is 41.8 Å². The monoisotopic (exact) mass is 316 g/mol. The molecule has 3 rings (SSSR count). The van der Waals surface area contributed by atoms with Crippen molar-refractivity contribution in [3.05, 3.63) is 52.2 Å². The summed E-state index contributed by atoms with van der Waals surface area (Å²) in [5, 5.41) is 4.72. The lowest BCUT2D eigenvalue weighted by Gasteiger charge is -2.24. The first-order valence-electron chi connectivity index (χ1n) is 6.86. The lowest BCUT2D eigenvalue weighted by atomic mass is 9.91. The minimum Gasteiger partial charge on any atom is -0.496 e. The molecule has 114 valence electrons. The predicted octanol–water partition coefficient (Wildman–Crippen LogP) is 2.72. The van der Waals surface area contributed by atoms with Gasteiger partial charge in [-0.1, -0.05) is 24.3 Å². The zero-order valence-electron chi connectivity index (χ0n) is 12.3. The Morgan fingerprint density at radius 1 is 1.23 bits per heavy atom. The molecule has 5 nitrogen and oxygen atoms in total. The number of hydrogen-bond donors (Lipinski definition) is 1. The average Bonchev–Trinajstić information content (AvgIpc) is 3.11. The predicted molar refractivity (Wildman–Crippen MR) is 83.7 cm³/mol. The minimum atomic E-state index is -1.11.